The zero-order valence-corrected chi connectivity index (χ0v) is 20.0. The first-order valence-corrected chi connectivity index (χ1v) is 12.5. The van der Waals surface area contributed by atoms with Crippen LogP contribution in [-0.4, -0.2) is 73.1 Å². The van der Waals surface area contributed by atoms with E-state index >= 15 is 0 Å². The van der Waals surface area contributed by atoms with E-state index in [4.69, 9.17) is 9.15 Å². The van der Waals surface area contributed by atoms with Crippen molar-refractivity contribution in [1.82, 2.24) is 14.8 Å². The number of anilines is 1. The molecule has 7 heteroatoms. The number of hydrogen-bond acceptors (Lipinski definition) is 6. The third-order valence-electron chi connectivity index (χ3n) is 6.86. The molecule has 2 aliphatic rings. The third kappa shape index (κ3) is 5.20. The number of piperidine rings is 1. The fourth-order valence-corrected chi connectivity index (χ4v) is 4.98. The predicted molar refractivity (Wildman–Crippen MR) is 134 cm³/mol. The van der Waals surface area contributed by atoms with Crippen molar-refractivity contribution in [2.45, 2.75) is 32.6 Å². The summed E-state index contributed by atoms with van der Waals surface area (Å²) >= 11 is 0. The van der Waals surface area contributed by atoms with Crippen LogP contribution in [0.3, 0.4) is 0 Å². The summed E-state index contributed by atoms with van der Waals surface area (Å²) < 4.78 is 11.7. The van der Waals surface area contributed by atoms with Gasteiger partial charge in [-0.1, -0.05) is 6.42 Å². The molecule has 0 atom stereocenters. The second-order valence-electron chi connectivity index (χ2n) is 9.31. The van der Waals surface area contributed by atoms with Crippen molar-refractivity contribution < 1.29 is 13.9 Å². The van der Waals surface area contributed by atoms with Crippen LogP contribution < -0.4 is 9.64 Å². The van der Waals surface area contributed by atoms with Crippen molar-refractivity contribution >= 4 is 22.6 Å². The second kappa shape index (κ2) is 10.5. The largest absolute Gasteiger partial charge is 0.494 e. The fraction of sp³-hybridized carbons (Fsp3) is 0.481. The summed E-state index contributed by atoms with van der Waals surface area (Å²) in [6, 6.07) is 12.2. The monoisotopic (exact) mass is 462 g/mol. The quantitative estimate of drug-likeness (QED) is 0.487. The number of aryl methyl sites for hydroxylation is 1. The molecule has 0 N–H and O–H groups in total. The zero-order valence-electron chi connectivity index (χ0n) is 20.0. The van der Waals surface area contributed by atoms with Gasteiger partial charge in [0.05, 0.1) is 6.61 Å². The third-order valence-corrected chi connectivity index (χ3v) is 6.86. The van der Waals surface area contributed by atoms with Gasteiger partial charge in [-0.05, 0) is 75.7 Å². The Labute approximate surface area is 201 Å². The van der Waals surface area contributed by atoms with Crippen molar-refractivity contribution in [2.24, 2.45) is 0 Å². The molecule has 2 aromatic heterocycles. The standard InChI is InChI=1S/C27H34N4O3/c1-21-20-22-10-11-28-25(26(22)34-21)27(32)31-17-15-30(16-18-31)23-6-8-24(9-7-23)33-19-5-14-29-12-3-2-4-13-29/h6-11,20H,2-5,12-19H2,1H3. The maximum Gasteiger partial charge on any atom is 0.276 e. The topological polar surface area (TPSA) is 62.1 Å². The van der Waals surface area contributed by atoms with E-state index in [1.165, 1.54) is 32.4 Å². The molecule has 0 radical (unpaired) electrons. The first-order chi connectivity index (χ1) is 16.7. The number of furan rings is 1. The van der Waals surface area contributed by atoms with E-state index in [0.29, 0.717) is 24.4 Å². The minimum Gasteiger partial charge on any atom is -0.494 e. The van der Waals surface area contributed by atoms with E-state index in [1.807, 2.05) is 24.0 Å². The van der Waals surface area contributed by atoms with Gasteiger partial charge in [-0.15, -0.1) is 0 Å². The van der Waals surface area contributed by atoms with Gasteiger partial charge in [-0.3, -0.25) is 4.79 Å². The van der Waals surface area contributed by atoms with E-state index in [0.717, 1.165) is 55.2 Å². The number of carbonyl (C=O) groups excluding carboxylic acids is 1. The first kappa shape index (κ1) is 22.7. The zero-order chi connectivity index (χ0) is 23.3. The number of aromatic nitrogens is 1. The number of ether oxygens (including phenoxy) is 1. The summed E-state index contributed by atoms with van der Waals surface area (Å²) in [4.78, 5) is 24.2. The number of pyridine rings is 1. The smallest absolute Gasteiger partial charge is 0.276 e. The Morgan fingerprint density at radius 2 is 1.76 bits per heavy atom. The number of amides is 1. The van der Waals surface area contributed by atoms with Gasteiger partial charge >= 0.3 is 0 Å². The molecule has 2 fully saturated rings. The lowest BCUT2D eigenvalue weighted by Gasteiger charge is -2.36. The van der Waals surface area contributed by atoms with E-state index in [2.05, 4.69) is 39.0 Å². The van der Waals surface area contributed by atoms with Gasteiger partial charge in [0.25, 0.3) is 5.91 Å². The van der Waals surface area contributed by atoms with Gasteiger partial charge in [0.1, 0.15) is 11.5 Å². The van der Waals surface area contributed by atoms with Crippen LogP contribution in [0.1, 0.15) is 41.9 Å². The van der Waals surface area contributed by atoms with Crippen LogP contribution in [0.25, 0.3) is 11.0 Å². The Balaban J connectivity index is 1.10. The molecule has 0 aliphatic carbocycles. The summed E-state index contributed by atoms with van der Waals surface area (Å²) in [6.45, 7) is 9.14. The summed E-state index contributed by atoms with van der Waals surface area (Å²) in [5, 5.41) is 0.920. The first-order valence-electron chi connectivity index (χ1n) is 12.5. The van der Waals surface area contributed by atoms with E-state index in [9.17, 15) is 4.79 Å². The van der Waals surface area contributed by atoms with E-state index < -0.39 is 0 Å². The van der Waals surface area contributed by atoms with Crippen molar-refractivity contribution in [2.75, 3.05) is 57.3 Å². The lowest BCUT2D eigenvalue weighted by atomic mass is 10.1. The van der Waals surface area contributed by atoms with Crippen LogP contribution in [0.15, 0.2) is 47.0 Å². The molecule has 0 bridgehead atoms. The van der Waals surface area contributed by atoms with Gasteiger partial charge in [0, 0.05) is 50.0 Å². The SMILES string of the molecule is Cc1cc2ccnc(C(=O)N3CCN(c4ccc(OCCCN5CCCCC5)cc4)CC3)c2o1. The van der Waals surface area contributed by atoms with Gasteiger partial charge in [-0.2, -0.15) is 0 Å². The molecule has 0 saturated carbocycles. The van der Waals surface area contributed by atoms with Crippen LogP contribution in [0.2, 0.25) is 0 Å². The highest BCUT2D eigenvalue weighted by molar-refractivity contribution is 6.03. The highest BCUT2D eigenvalue weighted by Crippen LogP contribution is 2.24. The fourth-order valence-electron chi connectivity index (χ4n) is 4.98. The number of fused-ring (bicyclic) bond motifs is 1. The maximum absolute atomic E-state index is 13.1. The molecule has 1 amide bonds. The number of carbonyl (C=O) groups is 1. The minimum absolute atomic E-state index is 0.0621. The number of piperazine rings is 1. The van der Waals surface area contributed by atoms with E-state index in [-0.39, 0.29) is 5.91 Å². The average Bonchev–Trinajstić information content (AvgIpc) is 3.27. The second-order valence-corrected chi connectivity index (χ2v) is 9.31. The summed E-state index contributed by atoms with van der Waals surface area (Å²) in [5.41, 5.74) is 2.15. The molecule has 5 rings (SSSR count). The lowest BCUT2D eigenvalue weighted by molar-refractivity contribution is 0.0742. The molecule has 2 saturated heterocycles. The molecule has 3 aromatic rings. The summed E-state index contributed by atoms with van der Waals surface area (Å²) in [6.07, 6.45) is 6.79. The van der Waals surface area contributed by atoms with Gasteiger partial charge in [0.15, 0.2) is 11.3 Å². The average molecular weight is 463 g/mol. The molecule has 34 heavy (non-hydrogen) atoms. The predicted octanol–water partition coefficient (Wildman–Crippen LogP) is 4.35. The van der Waals surface area contributed by atoms with Crippen molar-refractivity contribution in [3.63, 3.8) is 0 Å². The molecule has 180 valence electrons. The van der Waals surface area contributed by atoms with Crippen LogP contribution in [0.5, 0.6) is 5.75 Å². The molecular weight excluding hydrogens is 428 g/mol. The van der Waals surface area contributed by atoms with Crippen LogP contribution in [-0.2, 0) is 0 Å². The van der Waals surface area contributed by atoms with Gasteiger partial charge in [0.2, 0.25) is 0 Å². The highest BCUT2D eigenvalue weighted by Gasteiger charge is 2.25. The minimum atomic E-state index is -0.0621. The molecular formula is C27H34N4O3. The number of hydrogen-bond donors (Lipinski definition) is 0. The molecule has 4 heterocycles. The Bertz CT molecular complexity index is 1100. The molecule has 0 unspecified atom stereocenters. The van der Waals surface area contributed by atoms with Gasteiger partial charge in [-0.25, -0.2) is 4.98 Å². The van der Waals surface area contributed by atoms with Crippen LogP contribution in [0.4, 0.5) is 5.69 Å². The van der Waals surface area contributed by atoms with Crippen molar-refractivity contribution in [3.8, 4) is 5.75 Å². The Hall–Kier alpha value is -3.06. The van der Waals surface area contributed by atoms with Crippen molar-refractivity contribution in [1.29, 1.82) is 0 Å². The number of rotatable bonds is 7. The van der Waals surface area contributed by atoms with E-state index in [1.54, 1.807) is 6.20 Å². The lowest BCUT2D eigenvalue weighted by Crippen LogP contribution is -2.49. The normalized spacial score (nSPS) is 17.3. The molecule has 2 aliphatic heterocycles. The van der Waals surface area contributed by atoms with Crippen LogP contribution in [0, 0.1) is 6.92 Å². The van der Waals surface area contributed by atoms with Crippen molar-refractivity contribution in [3.05, 3.63) is 54.0 Å². The van der Waals surface area contributed by atoms with Crippen LogP contribution >= 0.6 is 0 Å². The Morgan fingerprint density at radius 3 is 2.53 bits per heavy atom. The number of benzene rings is 1. The van der Waals surface area contributed by atoms with Gasteiger partial charge < -0.3 is 23.9 Å². The summed E-state index contributed by atoms with van der Waals surface area (Å²) in [7, 11) is 0. The molecule has 0 spiro atoms. The number of nitrogens with zero attached hydrogens (tertiary/aromatic N) is 4. The Kier molecular flexibility index (Phi) is 7.00. The number of likely N-dealkylation sites (tertiary alicyclic amines) is 1. The summed E-state index contributed by atoms with van der Waals surface area (Å²) in [5.74, 6) is 1.65. The highest BCUT2D eigenvalue weighted by atomic mass is 16.5. The maximum atomic E-state index is 13.1. The molecule has 7 nitrogen and oxygen atoms in total. The Morgan fingerprint density at radius 1 is 1.00 bits per heavy atom. The molecule has 1 aromatic carbocycles.